The van der Waals surface area contributed by atoms with E-state index in [9.17, 15) is 9.18 Å². The summed E-state index contributed by atoms with van der Waals surface area (Å²) >= 11 is 0. The molecule has 0 aliphatic carbocycles. The van der Waals surface area contributed by atoms with Crippen LogP contribution in [0.5, 0.6) is 0 Å². The van der Waals surface area contributed by atoms with Gasteiger partial charge in [0.05, 0.1) is 23.4 Å². The van der Waals surface area contributed by atoms with Crippen molar-refractivity contribution in [2.45, 2.75) is 19.3 Å². The quantitative estimate of drug-likeness (QED) is 0.678. The number of rotatable bonds is 4. The second-order valence-corrected chi connectivity index (χ2v) is 6.14. The number of anilines is 1. The van der Waals surface area contributed by atoms with Crippen molar-refractivity contribution in [3.63, 3.8) is 0 Å². The molecule has 0 unspecified atom stereocenters. The smallest absolute Gasteiger partial charge is 0.274 e. The molecule has 0 radical (unpaired) electrons. The number of hydrogen-bond acceptors (Lipinski definition) is 4. The molecule has 0 saturated carbocycles. The minimum Gasteiger partial charge on any atom is -0.372 e. The Hall–Kier alpha value is -3.20. The van der Waals surface area contributed by atoms with Gasteiger partial charge in [-0.05, 0) is 55.2 Å². The van der Waals surface area contributed by atoms with Crippen molar-refractivity contribution in [3.05, 3.63) is 65.0 Å². The second-order valence-electron chi connectivity index (χ2n) is 6.14. The second kappa shape index (κ2) is 8.26. The third-order valence-electron chi connectivity index (χ3n) is 4.34. The lowest BCUT2D eigenvalue weighted by molar-refractivity contribution is 0.0951. The van der Waals surface area contributed by atoms with Gasteiger partial charge in [0.15, 0.2) is 0 Å². The monoisotopic (exact) mass is 350 g/mol. The van der Waals surface area contributed by atoms with Crippen LogP contribution >= 0.6 is 0 Å². The average Bonchev–Trinajstić information content (AvgIpc) is 2.69. The maximum absolute atomic E-state index is 13.8. The number of nitriles is 1. The Balaban J connectivity index is 1.59. The Morgan fingerprint density at radius 1 is 1.15 bits per heavy atom. The molecule has 26 heavy (non-hydrogen) atoms. The molecule has 1 fully saturated rings. The topological polar surface area (TPSA) is 68.5 Å². The molecule has 1 N–H and O–H groups in total. The average molecular weight is 350 g/mol. The lowest BCUT2D eigenvalue weighted by Crippen LogP contribution is -2.29. The molecule has 1 aliphatic rings. The Kier molecular flexibility index (Phi) is 5.59. The maximum atomic E-state index is 13.8. The van der Waals surface area contributed by atoms with Gasteiger partial charge in [-0.25, -0.2) is 9.82 Å². The molecule has 0 spiro atoms. The molecule has 1 heterocycles. The first-order valence-corrected chi connectivity index (χ1v) is 8.55. The molecule has 1 aliphatic heterocycles. The zero-order valence-corrected chi connectivity index (χ0v) is 14.3. The Labute approximate surface area is 151 Å². The molecular formula is C20H19FN4O. The number of piperidine rings is 1. The van der Waals surface area contributed by atoms with Crippen molar-refractivity contribution in [1.29, 1.82) is 5.26 Å². The van der Waals surface area contributed by atoms with Crippen LogP contribution in [0.25, 0.3) is 0 Å². The van der Waals surface area contributed by atoms with E-state index in [0.717, 1.165) is 24.7 Å². The summed E-state index contributed by atoms with van der Waals surface area (Å²) < 4.78 is 13.8. The summed E-state index contributed by atoms with van der Waals surface area (Å²) in [5, 5.41) is 12.6. The number of carbonyl (C=O) groups excluding carboxylic acids is 1. The number of nitrogens with zero attached hydrogens (tertiary/aromatic N) is 3. The van der Waals surface area contributed by atoms with Gasteiger partial charge < -0.3 is 4.90 Å². The van der Waals surface area contributed by atoms with Gasteiger partial charge in [0.25, 0.3) is 5.91 Å². The first-order valence-electron chi connectivity index (χ1n) is 8.55. The Morgan fingerprint density at radius 2 is 1.88 bits per heavy atom. The fourth-order valence-electron chi connectivity index (χ4n) is 2.92. The third-order valence-corrected chi connectivity index (χ3v) is 4.34. The van der Waals surface area contributed by atoms with Crippen molar-refractivity contribution in [2.75, 3.05) is 18.0 Å². The SMILES string of the molecule is N#Cc1ccc(C(=O)NN=Cc2ccc(N3CCCCC3)cc2)c(F)c1. The van der Waals surface area contributed by atoms with E-state index in [0.29, 0.717) is 0 Å². The zero-order valence-electron chi connectivity index (χ0n) is 14.3. The Morgan fingerprint density at radius 3 is 2.54 bits per heavy atom. The lowest BCUT2D eigenvalue weighted by Gasteiger charge is -2.28. The molecule has 3 rings (SSSR count). The van der Waals surface area contributed by atoms with Gasteiger partial charge in [0.2, 0.25) is 0 Å². The molecule has 1 amide bonds. The van der Waals surface area contributed by atoms with Gasteiger partial charge in [-0.1, -0.05) is 12.1 Å². The van der Waals surface area contributed by atoms with E-state index in [4.69, 9.17) is 5.26 Å². The van der Waals surface area contributed by atoms with Crippen LogP contribution in [0.15, 0.2) is 47.6 Å². The number of hydrazone groups is 1. The summed E-state index contributed by atoms with van der Waals surface area (Å²) in [6.07, 6.45) is 5.25. The fourth-order valence-corrected chi connectivity index (χ4v) is 2.92. The minimum atomic E-state index is -0.748. The first kappa shape index (κ1) is 17.6. The highest BCUT2D eigenvalue weighted by Gasteiger charge is 2.12. The fraction of sp³-hybridized carbons (Fsp3) is 0.250. The van der Waals surface area contributed by atoms with Crippen LogP contribution in [0.4, 0.5) is 10.1 Å². The third kappa shape index (κ3) is 4.25. The van der Waals surface area contributed by atoms with Crippen LogP contribution in [0.3, 0.4) is 0 Å². The number of hydrogen-bond donors (Lipinski definition) is 1. The van der Waals surface area contributed by atoms with Gasteiger partial charge in [-0.15, -0.1) is 0 Å². The summed E-state index contributed by atoms with van der Waals surface area (Å²) in [4.78, 5) is 14.3. The largest absolute Gasteiger partial charge is 0.372 e. The van der Waals surface area contributed by atoms with Crippen LogP contribution in [0.2, 0.25) is 0 Å². The van der Waals surface area contributed by atoms with Gasteiger partial charge >= 0.3 is 0 Å². The molecule has 1 saturated heterocycles. The van der Waals surface area contributed by atoms with E-state index in [2.05, 4.69) is 15.4 Å². The first-order chi connectivity index (χ1) is 12.7. The number of halogens is 1. The predicted molar refractivity (Wildman–Crippen MR) is 98.7 cm³/mol. The maximum Gasteiger partial charge on any atom is 0.274 e. The van der Waals surface area contributed by atoms with E-state index >= 15 is 0 Å². The van der Waals surface area contributed by atoms with Crippen molar-refractivity contribution < 1.29 is 9.18 Å². The van der Waals surface area contributed by atoms with E-state index in [-0.39, 0.29) is 11.1 Å². The van der Waals surface area contributed by atoms with Crippen LogP contribution in [0, 0.1) is 17.1 Å². The highest BCUT2D eigenvalue weighted by molar-refractivity contribution is 5.95. The minimum absolute atomic E-state index is 0.151. The van der Waals surface area contributed by atoms with E-state index < -0.39 is 11.7 Å². The van der Waals surface area contributed by atoms with Crippen LogP contribution in [0.1, 0.15) is 40.7 Å². The normalized spacial score (nSPS) is 14.2. The van der Waals surface area contributed by atoms with Crippen LogP contribution in [-0.2, 0) is 0 Å². The van der Waals surface area contributed by atoms with E-state index in [1.165, 1.54) is 43.3 Å². The standard InChI is InChI=1S/C20H19FN4O/c21-19-12-16(13-22)6-9-18(19)20(26)24-23-14-15-4-7-17(8-5-15)25-10-2-1-3-11-25/h4-9,12,14H,1-3,10-11H2,(H,24,26). The zero-order chi connectivity index (χ0) is 18.4. The number of benzene rings is 2. The molecule has 132 valence electrons. The van der Waals surface area contributed by atoms with Gasteiger partial charge in [-0.3, -0.25) is 4.79 Å². The van der Waals surface area contributed by atoms with Crippen molar-refractivity contribution in [3.8, 4) is 6.07 Å². The summed E-state index contributed by atoms with van der Waals surface area (Å²) in [6, 6.07) is 13.4. The van der Waals surface area contributed by atoms with Crippen LogP contribution < -0.4 is 10.3 Å². The molecule has 2 aromatic rings. The molecule has 6 heteroatoms. The highest BCUT2D eigenvalue weighted by Crippen LogP contribution is 2.19. The summed E-state index contributed by atoms with van der Waals surface area (Å²) in [7, 11) is 0. The van der Waals surface area contributed by atoms with Gasteiger partial charge in [0, 0.05) is 18.8 Å². The molecule has 0 atom stereocenters. The number of carbonyl (C=O) groups is 1. The number of amides is 1. The van der Waals surface area contributed by atoms with Crippen molar-refractivity contribution in [2.24, 2.45) is 5.10 Å². The molecule has 2 aromatic carbocycles. The summed E-state index contributed by atoms with van der Waals surface area (Å²) in [5.74, 6) is -1.41. The summed E-state index contributed by atoms with van der Waals surface area (Å²) in [6.45, 7) is 2.17. The lowest BCUT2D eigenvalue weighted by atomic mass is 10.1. The molecule has 0 bridgehead atoms. The Bertz CT molecular complexity index is 849. The predicted octanol–water partition coefficient (Wildman–Crippen LogP) is 3.45. The summed E-state index contributed by atoms with van der Waals surface area (Å²) in [5.41, 5.74) is 4.34. The van der Waals surface area contributed by atoms with Crippen molar-refractivity contribution in [1.82, 2.24) is 5.43 Å². The van der Waals surface area contributed by atoms with Crippen LogP contribution in [-0.4, -0.2) is 25.2 Å². The van der Waals surface area contributed by atoms with Gasteiger partial charge in [0.1, 0.15) is 5.82 Å². The van der Waals surface area contributed by atoms with Crippen molar-refractivity contribution >= 4 is 17.8 Å². The van der Waals surface area contributed by atoms with E-state index in [1.54, 1.807) is 0 Å². The van der Waals surface area contributed by atoms with Gasteiger partial charge in [-0.2, -0.15) is 10.4 Å². The molecule has 0 aromatic heterocycles. The number of nitrogens with one attached hydrogen (secondary N) is 1. The molecular weight excluding hydrogens is 331 g/mol. The highest BCUT2D eigenvalue weighted by atomic mass is 19.1. The van der Waals surface area contributed by atoms with E-state index in [1.807, 2.05) is 30.3 Å². The molecule has 5 nitrogen and oxygen atoms in total.